The van der Waals surface area contributed by atoms with Gasteiger partial charge in [-0.3, -0.25) is 9.67 Å². The monoisotopic (exact) mass is 246 g/mol. The van der Waals surface area contributed by atoms with E-state index in [0.29, 0.717) is 16.2 Å². The Balaban J connectivity index is 2.72. The number of hydrogen-bond acceptors (Lipinski definition) is 4. The van der Waals surface area contributed by atoms with Crippen LogP contribution in [0.15, 0.2) is 18.2 Å². The summed E-state index contributed by atoms with van der Waals surface area (Å²) in [5.74, 6) is 0.424. The number of aliphatic hydroxyl groups excluding tert-OH is 1. The van der Waals surface area contributed by atoms with Crippen molar-refractivity contribution < 1.29 is 5.11 Å². The lowest BCUT2D eigenvalue weighted by atomic mass is 10.1. The number of rotatable bonds is 2. The number of hydrogen-bond donors (Lipinski definition) is 2. The number of nitrogens with one attached hydrogen (secondary N) is 1. The van der Waals surface area contributed by atoms with E-state index in [2.05, 4.69) is 16.3 Å². The molecule has 1 aromatic heterocycles. The normalized spacial score (nSPS) is 10.2. The molecule has 0 aliphatic heterocycles. The first-order chi connectivity index (χ1) is 8.17. The first-order valence-electron chi connectivity index (χ1n) is 4.95. The standard InChI is InChI=1S/C11H10N4OS/c1-7-2-3-8(5-12)4-9(7)15-10(6-16)13-14-11(15)17/h2-4,16H,6H2,1H3,(H,14,17). The molecular weight excluding hydrogens is 236 g/mol. The van der Waals surface area contributed by atoms with Gasteiger partial charge in [-0.1, -0.05) is 6.07 Å². The molecule has 0 saturated heterocycles. The zero-order valence-corrected chi connectivity index (χ0v) is 9.95. The minimum Gasteiger partial charge on any atom is -0.388 e. The fraction of sp³-hybridized carbons (Fsp3) is 0.182. The summed E-state index contributed by atoms with van der Waals surface area (Å²) in [4.78, 5) is 0. The Kier molecular flexibility index (Phi) is 3.04. The van der Waals surface area contributed by atoms with Gasteiger partial charge < -0.3 is 5.11 Å². The van der Waals surface area contributed by atoms with Crippen molar-refractivity contribution in [2.75, 3.05) is 0 Å². The second kappa shape index (κ2) is 4.49. The Bertz CT molecular complexity index is 650. The molecule has 2 N–H and O–H groups in total. The molecule has 1 aromatic carbocycles. The van der Waals surface area contributed by atoms with Crippen LogP contribution in [0.5, 0.6) is 0 Å². The molecule has 0 unspecified atom stereocenters. The summed E-state index contributed by atoms with van der Waals surface area (Å²) in [5, 5.41) is 24.6. The quantitative estimate of drug-likeness (QED) is 0.789. The van der Waals surface area contributed by atoms with E-state index >= 15 is 0 Å². The van der Waals surface area contributed by atoms with Crippen molar-refractivity contribution in [2.24, 2.45) is 0 Å². The average Bonchev–Trinajstić information content (AvgIpc) is 2.71. The molecule has 0 atom stereocenters. The van der Waals surface area contributed by atoms with Crippen molar-refractivity contribution in [2.45, 2.75) is 13.5 Å². The minimum absolute atomic E-state index is 0.219. The minimum atomic E-state index is -0.219. The van der Waals surface area contributed by atoms with Gasteiger partial charge in [0.25, 0.3) is 0 Å². The molecule has 0 saturated carbocycles. The van der Waals surface area contributed by atoms with Crippen LogP contribution in [0.2, 0.25) is 0 Å². The number of benzene rings is 1. The molecule has 2 aromatic rings. The van der Waals surface area contributed by atoms with E-state index < -0.39 is 0 Å². The van der Waals surface area contributed by atoms with Crippen LogP contribution in [0, 0.1) is 23.0 Å². The predicted molar refractivity (Wildman–Crippen MR) is 64.1 cm³/mol. The van der Waals surface area contributed by atoms with Gasteiger partial charge in [0.2, 0.25) is 0 Å². The van der Waals surface area contributed by atoms with Gasteiger partial charge in [-0.25, -0.2) is 0 Å². The van der Waals surface area contributed by atoms with E-state index in [1.807, 2.05) is 13.0 Å². The van der Waals surface area contributed by atoms with Crippen LogP contribution in [0.25, 0.3) is 5.69 Å². The molecule has 0 radical (unpaired) electrons. The molecule has 0 amide bonds. The molecule has 5 nitrogen and oxygen atoms in total. The number of H-pyrrole nitrogens is 1. The number of aryl methyl sites for hydroxylation is 1. The van der Waals surface area contributed by atoms with Gasteiger partial charge in [0.1, 0.15) is 6.61 Å². The van der Waals surface area contributed by atoms with Gasteiger partial charge in [0.05, 0.1) is 17.3 Å². The van der Waals surface area contributed by atoms with Crippen molar-refractivity contribution in [1.82, 2.24) is 14.8 Å². The van der Waals surface area contributed by atoms with E-state index in [0.717, 1.165) is 11.3 Å². The molecule has 1 heterocycles. The lowest BCUT2D eigenvalue weighted by Crippen LogP contribution is -2.03. The third-order valence-electron chi connectivity index (χ3n) is 2.46. The van der Waals surface area contributed by atoms with Crippen molar-refractivity contribution >= 4 is 12.2 Å². The van der Waals surface area contributed by atoms with Gasteiger partial charge in [0, 0.05) is 0 Å². The molecule has 0 spiro atoms. The fourth-order valence-electron chi connectivity index (χ4n) is 1.60. The fourth-order valence-corrected chi connectivity index (χ4v) is 1.85. The van der Waals surface area contributed by atoms with Crippen molar-refractivity contribution in [3.05, 3.63) is 39.9 Å². The van der Waals surface area contributed by atoms with Crippen LogP contribution in [-0.2, 0) is 6.61 Å². The van der Waals surface area contributed by atoms with E-state index in [1.54, 1.807) is 16.7 Å². The Morgan fingerprint density at radius 3 is 3.00 bits per heavy atom. The SMILES string of the molecule is Cc1ccc(C#N)cc1-n1c(CO)n[nH]c1=S. The maximum absolute atomic E-state index is 9.20. The molecule has 17 heavy (non-hydrogen) atoms. The second-order valence-corrected chi connectivity index (χ2v) is 3.94. The topological polar surface area (TPSA) is 77.6 Å². The zero-order valence-electron chi connectivity index (χ0n) is 9.14. The molecular formula is C11H10N4OS. The number of nitriles is 1. The first kappa shape index (κ1) is 11.5. The second-order valence-electron chi connectivity index (χ2n) is 3.55. The summed E-state index contributed by atoms with van der Waals surface area (Å²) >= 11 is 5.11. The summed E-state index contributed by atoms with van der Waals surface area (Å²) in [6.45, 7) is 1.69. The Morgan fingerprint density at radius 1 is 1.59 bits per heavy atom. The van der Waals surface area contributed by atoms with E-state index in [9.17, 15) is 5.11 Å². The Morgan fingerprint density at radius 2 is 2.35 bits per heavy atom. The number of aromatic nitrogens is 3. The molecule has 0 aliphatic rings. The molecule has 0 bridgehead atoms. The third-order valence-corrected chi connectivity index (χ3v) is 2.74. The van der Waals surface area contributed by atoms with E-state index in [1.165, 1.54) is 0 Å². The third kappa shape index (κ3) is 1.98. The Labute approximate surface area is 103 Å². The highest BCUT2D eigenvalue weighted by atomic mass is 32.1. The zero-order chi connectivity index (χ0) is 12.4. The van der Waals surface area contributed by atoms with E-state index in [-0.39, 0.29) is 6.61 Å². The predicted octanol–water partition coefficient (Wildman–Crippen LogP) is 1.60. The highest BCUT2D eigenvalue weighted by molar-refractivity contribution is 7.71. The van der Waals surface area contributed by atoms with Crippen molar-refractivity contribution in [1.29, 1.82) is 5.26 Å². The summed E-state index contributed by atoms with van der Waals surface area (Å²) in [6.07, 6.45) is 0. The number of aliphatic hydroxyl groups is 1. The largest absolute Gasteiger partial charge is 0.388 e. The van der Waals surface area contributed by atoms with Crippen LogP contribution in [-0.4, -0.2) is 19.9 Å². The number of nitrogens with zero attached hydrogens (tertiary/aromatic N) is 3. The molecule has 2 rings (SSSR count). The van der Waals surface area contributed by atoms with Gasteiger partial charge >= 0.3 is 0 Å². The average molecular weight is 246 g/mol. The molecule has 0 aliphatic carbocycles. The van der Waals surface area contributed by atoms with Gasteiger partial charge in [-0.15, -0.1) is 0 Å². The van der Waals surface area contributed by atoms with Crippen molar-refractivity contribution in [3.8, 4) is 11.8 Å². The maximum atomic E-state index is 9.20. The highest BCUT2D eigenvalue weighted by Crippen LogP contribution is 2.17. The van der Waals surface area contributed by atoms with Gasteiger partial charge in [-0.05, 0) is 36.8 Å². The lowest BCUT2D eigenvalue weighted by molar-refractivity contribution is 0.268. The molecule has 86 valence electrons. The van der Waals surface area contributed by atoms with Gasteiger partial charge in [0.15, 0.2) is 10.6 Å². The van der Waals surface area contributed by atoms with Crippen molar-refractivity contribution in [3.63, 3.8) is 0 Å². The van der Waals surface area contributed by atoms with Crippen LogP contribution in [0.4, 0.5) is 0 Å². The van der Waals surface area contributed by atoms with Gasteiger partial charge in [-0.2, -0.15) is 10.4 Å². The number of aromatic amines is 1. The first-order valence-corrected chi connectivity index (χ1v) is 5.36. The summed E-state index contributed by atoms with van der Waals surface area (Å²) < 4.78 is 2.03. The Hall–Kier alpha value is -1.97. The lowest BCUT2D eigenvalue weighted by Gasteiger charge is -2.08. The maximum Gasteiger partial charge on any atom is 0.199 e. The van der Waals surface area contributed by atoms with Crippen LogP contribution in [0.3, 0.4) is 0 Å². The smallest absolute Gasteiger partial charge is 0.199 e. The molecule has 0 fully saturated rings. The van der Waals surface area contributed by atoms with E-state index in [4.69, 9.17) is 17.5 Å². The van der Waals surface area contributed by atoms with Crippen LogP contribution < -0.4 is 0 Å². The summed E-state index contributed by atoms with van der Waals surface area (Å²) in [7, 11) is 0. The summed E-state index contributed by atoms with van der Waals surface area (Å²) in [6, 6.07) is 7.37. The van der Waals surface area contributed by atoms with Crippen LogP contribution >= 0.6 is 12.2 Å². The van der Waals surface area contributed by atoms with Crippen LogP contribution in [0.1, 0.15) is 17.0 Å². The summed E-state index contributed by atoms with van der Waals surface area (Å²) in [5.41, 5.74) is 2.25. The molecule has 6 heteroatoms. The highest BCUT2D eigenvalue weighted by Gasteiger charge is 2.10.